The summed E-state index contributed by atoms with van der Waals surface area (Å²) in [5.74, 6) is -2.10. The number of amides is 1. The summed E-state index contributed by atoms with van der Waals surface area (Å²) in [6.07, 6.45) is 0. The topological polar surface area (TPSA) is 141 Å². The molecule has 5 N–H and O–H groups in total. The van der Waals surface area contributed by atoms with Crippen molar-refractivity contribution in [2.45, 2.75) is 0 Å². The second-order valence-electron chi connectivity index (χ2n) is 2.54. The van der Waals surface area contributed by atoms with Crippen molar-refractivity contribution in [2.75, 3.05) is 12.3 Å². The lowest BCUT2D eigenvalue weighted by Gasteiger charge is -1.98. The first-order chi connectivity index (χ1) is 7.50. The van der Waals surface area contributed by atoms with Crippen LogP contribution in [0.2, 0.25) is 0 Å². The number of nitrogens with two attached hydrogens (primary N) is 2. The van der Waals surface area contributed by atoms with Crippen LogP contribution in [0.5, 0.6) is 0 Å². The van der Waals surface area contributed by atoms with Gasteiger partial charge in [-0.05, 0) is 0 Å². The number of aliphatic carboxylic acids is 1. The van der Waals surface area contributed by atoms with Gasteiger partial charge in [-0.3, -0.25) is 4.79 Å². The zero-order valence-electron chi connectivity index (χ0n) is 7.91. The molecule has 0 aromatic carbocycles. The van der Waals surface area contributed by atoms with Gasteiger partial charge in [0, 0.05) is 5.38 Å². The van der Waals surface area contributed by atoms with Gasteiger partial charge in [0.1, 0.15) is 5.69 Å². The van der Waals surface area contributed by atoms with Crippen LogP contribution < -0.4 is 11.5 Å². The van der Waals surface area contributed by atoms with E-state index in [1.54, 1.807) is 0 Å². The molecule has 1 aromatic rings. The summed E-state index contributed by atoms with van der Waals surface area (Å²) in [6.45, 7) is -0.670. The Labute approximate surface area is 93.5 Å². The summed E-state index contributed by atoms with van der Waals surface area (Å²) in [7, 11) is 0. The molecule has 0 spiro atoms. The largest absolute Gasteiger partial charge is 0.479 e. The van der Waals surface area contributed by atoms with Gasteiger partial charge < -0.3 is 21.4 Å². The van der Waals surface area contributed by atoms with E-state index in [9.17, 15) is 9.59 Å². The van der Waals surface area contributed by atoms with Crippen molar-refractivity contribution in [3.05, 3.63) is 11.1 Å². The third-order valence-corrected chi connectivity index (χ3v) is 2.02. The van der Waals surface area contributed by atoms with Gasteiger partial charge in [0.05, 0.1) is 0 Å². The normalized spacial score (nSPS) is 11.1. The van der Waals surface area contributed by atoms with E-state index >= 15 is 0 Å². The number of nitrogen functional groups attached to an aromatic ring is 1. The van der Waals surface area contributed by atoms with Gasteiger partial charge in [0.25, 0.3) is 5.91 Å². The zero-order chi connectivity index (χ0) is 12.1. The minimum Gasteiger partial charge on any atom is -0.479 e. The number of carboxylic acids is 1. The third-order valence-electron chi connectivity index (χ3n) is 1.34. The van der Waals surface area contributed by atoms with E-state index in [4.69, 9.17) is 16.6 Å². The summed E-state index contributed by atoms with van der Waals surface area (Å²) in [5, 5.41) is 13.3. The van der Waals surface area contributed by atoms with Gasteiger partial charge in [-0.2, -0.15) is 0 Å². The molecule has 0 aliphatic carbocycles. The number of primary amides is 1. The minimum absolute atomic E-state index is 0.153. The van der Waals surface area contributed by atoms with Crippen LogP contribution in [0.1, 0.15) is 5.69 Å². The number of hydrogen-bond donors (Lipinski definition) is 3. The lowest BCUT2D eigenvalue weighted by molar-refractivity contribution is -0.142. The molecular formula is C7H8N4O4S. The highest BCUT2D eigenvalue weighted by Crippen LogP contribution is 2.12. The Morgan fingerprint density at radius 1 is 1.62 bits per heavy atom. The molecule has 8 nitrogen and oxygen atoms in total. The van der Waals surface area contributed by atoms with Crippen molar-refractivity contribution >= 4 is 34.1 Å². The SMILES string of the molecule is NC(=O)/C(=N/OCC(=O)O)c1csc(N)n1. The first-order valence-electron chi connectivity index (χ1n) is 3.93. The van der Waals surface area contributed by atoms with E-state index < -0.39 is 18.5 Å². The zero-order valence-corrected chi connectivity index (χ0v) is 8.73. The Balaban J connectivity index is 2.83. The van der Waals surface area contributed by atoms with Gasteiger partial charge >= 0.3 is 5.97 Å². The second-order valence-corrected chi connectivity index (χ2v) is 3.43. The van der Waals surface area contributed by atoms with Crippen molar-refractivity contribution in [2.24, 2.45) is 10.9 Å². The van der Waals surface area contributed by atoms with Crippen LogP contribution >= 0.6 is 11.3 Å². The first kappa shape index (κ1) is 11.9. The third kappa shape index (κ3) is 3.20. The number of oxime groups is 1. The number of rotatable bonds is 5. The molecule has 86 valence electrons. The van der Waals surface area contributed by atoms with Crippen molar-refractivity contribution in [3.8, 4) is 0 Å². The summed E-state index contributed by atoms with van der Waals surface area (Å²) < 4.78 is 0. The maximum absolute atomic E-state index is 11.0. The number of nitrogens with zero attached hydrogens (tertiary/aromatic N) is 2. The predicted molar refractivity (Wildman–Crippen MR) is 55.8 cm³/mol. The molecule has 0 unspecified atom stereocenters. The first-order valence-corrected chi connectivity index (χ1v) is 4.81. The number of thiazole rings is 1. The van der Waals surface area contributed by atoms with Gasteiger partial charge in [-0.25, -0.2) is 9.78 Å². The van der Waals surface area contributed by atoms with E-state index in [-0.39, 0.29) is 16.5 Å². The quantitative estimate of drug-likeness (QED) is 0.448. The summed E-state index contributed by atoms with van der Waals surface area (Å²) in [6, 6.07) is 0. The highest BCUT2D eigenvalue weighted by atomic mass is 32.1. The maximum Gasteiger partial charge on any atom is 0.344 e. The number of carboxylic acid groups (broad SMARTS) is 1. The lowest BCUT2D eigenvalue weighted by atomic mass is 10.3. The molecule has 0 aliphatic rings. The molecule has 0 atom stereocenters. The standard InChI is InChI=1S/C7H8N4O4S/c8-6(14)5(11-15-1-4(12)13)3-2-16-7(9)10-3/h2H,1H2,(H2,8,14)(H2,9,10)(H,12,13)/b11-5+. The molecule has 0 fully saturated rings. The smallest absolute Gasteiger partial charge is 0.344 e. The Hall–Kier alpha value is -2.16. The molecule has 1 heterocycles. The Morgan fingerprint density at radius 2 is 2.31 bits per heavy atom. The van der Waals surface area contributed by atoms with Crippen LogP contribution in [-0.2, 0) is 14.4 Å². The molecule has 1 aromatic heterocycles. The number of carbonyl (C=O) groups excluding carboxylic acids is 1. The Kier molecular flexibility index (Phi) is 3.78. The van der Waals surface area contributed by atoms with Crippen LogP contribution in [0.4, 0.5) is 5.13 Å². The van der Waals surface area contributed by atoms with Crippen molar-refractivity contribution in [1.29, 1.82) is 0 Å². The van der Waals surface area contributed by atoms with Crippen LogP contribution in [0.3, 0.4) is 0 Å². The van der Waals surface area contributed by atoms with E-state index in [2.05, 4.69) is 15.0 Å². The van der Waals surface area contributed by atoms with Crippen LogP contribution in [0.15, 0.2) is 10.5 Å². The molecule has 0 bridgehead atoms. The fourth-order valence-corrected chi connectivity index (χ4v) is 1.31. The summed E-state index contributed by atoms with van der Waals surface area (Å²) in [4.78, 5) is 29.3. The van der Waals surface area contributed by atoms with Crippen molar-refractivity contribution < 1.29 is 19.5 Å². The van der Waals surface area contributed by atoms with E-state index in [0.717, 1.165) is 11.3 Å². The average Bonchev–Trinajstić information content (AvgIpc) is 2.58. The number of anilines is 1. The molecule has 0 saturated carbocycles. The van der Waals surface area contributed by atoms with Crippen molar-refractivity contribution in [1.82, 2.24) is 4.98 Å². The fourth-order valence-electron chi connectivity index (χ4n) is 0.766. The number of aromatic nitrogens is 1. The van der Waals surface area contributed by atoms with Gasteiger partial charge in [-0.15, -0.1) is 11.3 Å². The summed E-state index contributed by atoms with van der Waals surface area (Å²) in [5.41, 5.74) is 10.3. The minimum atomic E-state index is -1.22. The van der Waals surface area contributed by atoms with Gasteiger partial charge in [-0.1, -0.05) is 5.16 Å². The van der Waals surface area contributed by atoms with Gasteiger partial charge in [0.15, 0.2) is 10.8 Å². The molecule has 16 heavy (non-hydrogen) atoms. The van der Waals surface area contributed by atoms with Crippen LogP contribution in [0, 0.1) is 0 Å². The highest BCUT2D eigenvalue weighted by Gasteiger charge is 2.15. The Morgan fingerprint density at radius 3 is 2.75 bits per heavy atom. The second kappa shape index (κ2) is 5.07. The monoisotopic (exact) mass is 244 g/mol. The molecule has 0 aliphatic heterocycles. The maximum atomic E-state index is 11.0. The van der Waals surface area contributed by atoms with E-state index in [1.165, 1.54) is 5.38 Å². The number of hydrogen-bond acceptors (Lipinski definition) is 7. The highest BCUT2D eigenvalue weighted by molar-refractivity contribution is 7.13. The predicted octanol–water partition coefficient (Wildman–Crippen LogP) is -0.984. The molecule has 9 heteroatoms. The Bertz CT molecular complexity index is 441. The molecule has 0 radical (unpaired) electrons. The van der Waals surface area contributed by atoms with Crippen LogP contribution in [-0.4, -0.2) is 34.3 Å². The average molecular weight is 244 g/mol. The molecular weight excluding hydrogens is 236 g/mol. The van der Waals surface area contributed by atoms with E-state index in [1.807, 2.05) is 0 Å². The van der Waals surface area contributed by atoms with E-state index in [0.29, 0.717) is 0 Å². The molecule has 1 amide bonds. The number of carbonyl (C=O) groups is 2. The van der Waals surface area contributed by atoms with Crippen molar-refractivity contribution in [3.63, 3.8) is 0 Å². The lowest BCUT2D eigenvalue weighted by Crippen LogP contribution is -2.25. The summed E-state index contributed by atoms with van der Waals surface area (Å²) >= 11 is 1.10. The van der Waals surface area contributed by atoms with Crippen LogP contribution in [0.25, 0.3) is 0 Å². The van der Waals surface area contributed by atoms with Gasteiger partial charge in [0.2, 0.25) is 6.61 Å². The molecule has 0 saturated heterocycles. The fraction of sp³-hybridized carbons (Fsp3) is 0.143. The molecule has 1 rings (SSSR count).